The van der Waals surface area contributed by atoms with E-state index in [9.17, 15) is 9.59 Å². The zero-order valence-electron chi connectivity index (χ0n) is 20.2. The average Bonchev–Trinajstić information content (AvgIpc) is 2.86. The molecular formula is C29H30ClN3O2. The van der Waals surface area contributed by atoms with Crippen LogP contribution in [0.5, 0.6) is 0 Å². The lowest BCUT2D eigenvalue weighted by atomic mass is 9.99. The molecule has 0 aliphatic carbocycles. The zero-order valence-corrected chi connectivity index (χ0v) is 21.0. The molecule has 0 bridgehead atoms. The van der Waals surface area contributed by atoms with Crippen LogP contribution in [0.1, 0.15) is 54.8 Å². The Labute approximate surface area is 210 Å². The number of amides is 1. The minimum atomic E-state index is -0.246. The van der Waals surface area contributed by atoms with Crippen molar-refractivity contribution in [3.05, 3.63) is 111 Å². The van der Waals surface area contributed by atoms with Gasteiger partial charge in [0.15, 0.2) is 0 Å². The lowest BCUT2D eigenvalue weighted by Gasteiger charge is -2.23. The topological polar surface area (TPSA) is 63.1 Å². The number of benzene rings is 3. The maximum atomic E-state index is 14.0. The molecule has 3 aromatic carbocycles. The number of fused-ring (bicyclic) bond motifs is 1. The largest absolute Gasteiger partial charge is 0.345 e. The maximum Gasteiger partial charge on any atom is 0.264 e. The molecule has 4 rings (SSSR count). The summed E-state index contributed by atoms with van der Waals surface area (Å²) in [5, 5.41) is 7.82. The van der Waals surface area contributed by atoms with Crippen LogP contribution in [0.4, 0.5) is 0 Å². The number of hydrogen-bond donors (Lipinski definition) is 2. The van der Waals surface area contributed by atoms with E-state index in [0.29, 0.717) is 39.3 Å². The Hall–Kier alpha value is -3.41. The van der Waals surface area contributed by atoms with Gasteiger partial charge in [0.25, 0.3) is 11.5 Å². The first-order chi connectivity index (χ1) is 16.9. The number of nitrogens with zero attached hydrogens (tertiary/aromatic N) is 1. The van der Waals surface area contributed by atoms with E-state index < -0.39 is 0 Å². The highest BCUT2D eigenvalue weighted by atomic mass is 35.5. The molecule has 0 fully saturated rings. The molecule has 0 aliphatic rings. The van der Waals surface area contributed by atoms with Crippen LogP contribution >= 0.6 is 11.6 Å². The lowest BCUT2D eigenvalue weighted by molar-refractivity contribution is 0.0935. The molecule has 0 aliphatic heterocycles. The van der Waals surface area contributed by atoms with Gasteiger partial charge < -0.3 is 10.6 Å². The molecule has 0 radical (unpaired) electrons. The third-order valence-electron chi connectivity index (χ3n) is 6.09. The molecule has 5 nitrogen and oxygen atoms in total. The minimum Gasteiger partial charge on any atom is -0.345 e. The fourth-order valence-electron chi connectivity index (χ4n) is 4.36. The first kappa shape index (κ1) is 24.7. The fraction of sp³-hybridized carbons (Fsp3) is 0.241. The maximum absolute atomic E-state index is 14.0. The summed E-state index contributed by atoms with van der Waals surface area (Å²) in [4.78, 5) is 27.8. The van der Waals surface area contributed by atoms with Gasteiger partial charge in [-0.25, -0.2) is 0 Å². The van der Waals surface area contributed by atoms with E-state index in [-0.39, 0.29) is 23.6 Å². The van der Waals surface area contributed by atoms with Gasteiger partial charge in [-0.2, -0.15) is 0 Å². The molecular weight excluding hydrogens is 458 g/mol. The summed E-state index contributed by atoms with van der Waals surface area (Å²) in [7, 11) is 0. The molecule has 2 N–H and O–H groups in total. The molecule has 35 heavy (non-hydrogen) atoms. The Morgan fingerprint density at radius 1 is 0.943 bits per heavy atom. The Kier molecular flexibility index (Phi) is 7.69. The van der Waals surface area contributed by atoms with E-state index in [1.54, 1.807) is 22.8 Å². The van der Waals surface area contributed by atoms with Crippen LogP contribution in [0, 0.1) is 0 Å². The SMILES string of the molecule is CC[C@H](NC(=O)c1c(CNC(C)C)n(-c2ccccc2)c(=O)c2c(Cl)cccc12)c1ccccc1. The second-order valence-corrected chi connectivity index (χ2v) is 9.25. The summed E-state index contributed by atoms with van der Waals surface area (Å²) in [5.41, 5.74) is 2.52. The summed E-state index contributed by atoms with van der Waals surface area (Å²) in [6.45, 7) is 6.45. The van der Waals surface area contributed by atoms with Crippen molar-refractivity contribution in [2.75, 3.05) is 0 Å². The summed E-state index contributed by atoms with van der Waals surface area (Å²) in [5.74, 6) is -0.238. The number of hydrogen-bond acceptors (Lipinski definition) is 3. The van der Waals surface area contributed by atoms with E-state index >= 15 is 0 Å². The normalized spacial score (nSPS) is 12.1. The molecule has 1 atom stereocenters. The van der Waals surface area contributed by atoms with Crippen molar-refractivity contribution in [3.63, 3.8) is 0 Å². The quantitative estimate of drug-likeness (QED) is 0.319. The van der Waals surface area contributed by atoms with Crippen molar-refractivity contribution in [1.82, 2.24) is 15.2 Å². The van der Waals surface area contributed by atoms with Crippen LogP contribution in [0.2, 0.25) is 5.02 Å². The molecule has 1 amide bonds. The predicted molar refractivity (Wildman–Crippen MR) is 143 cm³/mol. The van der Waals surface area contributed by atoms with E-state index in [2.05, 4.69) is 10.6 Å². The van der Waals surface area contributed by atoms with Gasteiger partial charge in [0.2, 0.25) is 0 Å². The van der Waals surface area contributed by atoms with Gasteiger partial charge in [-0.15, -0.1) is 0 Å². The van der Waals surface area contributed by atoms with E-state index in [0.717, 1.165) is 12.0 Å². The number of aromatic nitrogens is 1. The summed E-state index contributed by atoms with van der Waals surface area (Å²) in [6.07, 6.45) is 0.729. The number of carbonyl (C=O) groups excluding carboxylic acids is 1. The van der Waals surface area contributed by atoms with Crippen molar-refractivity contribution < 1.29 is 4.79 Å². The van der Waals surface area contributed by atoms with Crippen molar-refractivity contribution in [3.8, 4) is 5.69 Å². The zero-order chi connectivity index (χ0) is 24.9. The molecule has 1 aromatic heterocycles. The van der Waals surface area contributed by atoms with Gasteiger partial charge in [-0.05, 0) is 30.2 Å². The van der Waals surface area contributed by atoms with Gasteiger partial charge in [0.1, 0.15) is 0 Å². The molecule has 6 heteroatoms. The van der Waals surface area contributed by atoms with Gasteiger partial charge in [-0.1, -0.05) is 93.0 Å². The molecule has 0 saturated heterocycles. The van der Waals surface area contributed by atoms with E-state index in [4.69, 9.17) is 11.6 Å². The van der Waals surface area contributed by atoms with Gasteiger partial charge in [-0.3, -0.25) is 14.2 Å². The third kappa shape index (κ3) is 5.16. The first-order valence-corrected chi connectivity index (χ1v) is 12.3. The Balaban J connectivity index is 1.98. The molecule has 1 heterocycles. The first-order valence-electron chi connectivity index (χ1n) is 11.9. The highest BCUT2D eigenvalue weighted by Crippen LogP contribution is 2.28. The predicted octanol–water partition coefficient (Wildman–Crippen LogP) is 6.02. The Bertz CT molecular complexity index is 1380. The van der Waals surface area contributed by atoms with Crippen LogP contribution in [0.3, 0.4) is 0 Å². The Morgan fingerprint density at radius 2 is 1.60 bits per heavy atom. The minimum absolute atomic E-state index is 0.160. The summed E-state index contributed by atoms with van der Waals surface area (Å²) in [6, 6.07) is 24.5. The molecule has 0 unspecified atom stereocenters. The Morgan fingerprint density at radius 3 is 2.23 bits per heavy atom. The standard InChI is InChI=1S/C29H30ClN3O2/c1-4-24(20-12-7-5-8-13-20)32-28(34)27-22-16-11-17-23(30)26(22)29(35)33(21-14-9-6-10-15-21)25(27)18-31-19(2)3/h5-17,19,24,31H,4,18H2,1-3H3,(H,32,34)/t24-/m0/s1. The van der Waals surface area contributed by atoms with Crippen LogP contribution in [-0.4, -0.2) is 16.5 Å². The van der Waals surface area contributed by atoms with Crippen LogP contribution in [0.15, 0.2) is 83.7 Å². The highest BCUT2D eigenvalue weighted by Gasteiger charge is 2.25. The summed E-state index contributed by atoms with van der Waals surface area (Å²) >= 11 is 6.55. The average molecular weight is 488 g/mol. The lowest BCUT2D eigenvalue weighted by Crippen LogP contribution is -2.35. The monoisotopic (exact) mass is 487 g/mol. The third-order valence-corrected chi connectivity index (χ3v) is 6.41. The molecule has 0 spiro atoms. The van der Waals surface area contributed by atoms with Gasteiger partial charge >= 0.3 is 0 Å². The number of pyridine rings is 1. The van der Waals surface area contributed by atoms with Crippen molar-refractivity contribution >= 4 is 28.3 Å². The van der Waals surface area contributed by atoms with Crippen molar-refractivity contribution in [2.45, 2.75) is 45.8 Å². The van der Waals surface area contributed by atoms with E-state index in [1.165, 1.54) is 0 Å². The van der Waals surface area contributed by atoms with Crippen molar-refractivity contribution in [1.29, 1.82) is 0 Å². The number of nitrogens with one attached hydrogen (secondary N) is 2. The second-order valence-electron chi connectivity index (χ2n) is 8.84. The summed E-state index contributed by atoms with van der Waals surface area (Å²) < 4.78 is 1.61. The number of rotatable bonds is 8. The van der Waals surface area contributed by atoms with Crippen LogP contribution < -0.4 is 16.2 Å². The molecule has 4 aromatic rings. The number of para-hydroxylation sites is 1. The van der Waals surface area contributed by atoms with Crippen molar-refractivity contribution in [2.24, 2.45) is 0 Å². The highest BCUT2D eigenvalue weighted by molar-refractivity contribution is 6.36. The number of carbonyl (C=O) groups is 1. The van der Waals surface area contributed by atoms with Gasteiger partial charge in [0.05, 0.1) is 27.7 Å². The molecule has 180 valence electrons. The fourth-order valence-corrected chi connectivity index (χ4v) is 4.62. The van der Waals surface area contributed by atoms with Gasteiger partial charge in [0, 0.05) is 23.7 Å². The smallest absolute Gasteiger partial charge is 0.264 e. The van der Waals surface area contributed by atoms with Crippen LogP contribution in [-0.2, 0) is 6.54 Å². The second kappa shape index (κ2) is 10.9. The number of halogens is 1. The van der Waals surface area contributed by atoms with Crippen LogP contribution in [0.25, 0.3) is 16.5 Å². The molecule has 0 saturated carbocycles. The van der Waals surface area contributed by atoms with E-state index in [1.807, 2.05) is 81.4 Å².